The van der Waals surface area contributed by atoms with E-state index in [0.717, 1.165) is 39.0 Å². The highest BCUT2D eigenvalue weighted by Gasteiger charge is 2.16. The van der Waals surface area contributed by atoms with Crippen LogP contribution in [0.4, 0.5) is 0 Å². The lowest BCUT2D eigenvalue weighted by Gasteiger charge is -2.31. The lowest BCUT2D eigenvalue weighted by Crippen LogP contribution is -2.51. The fourth-order valence-corrected chi connectivity index (χ4v) is 1.79. The van der Waals surface area contributed by atoms with Crippen molar-refractivity contribution in [1.82, 2.24) is 20.7 Å². The predicted molar refractivity (Wildman–Crippen MR) is 69.7 cm³/mol. The molecule has 0 atom stereocenters. The highest BCUT2D eigenvalue weighted by molar-refractivity contribution is 5.82. The summed E-state index contributed by atoms with van der Waals surface area (Å²) in [6.45, 7) is 6.13. The third kappa shape index (κ3) is 5.97. The van der Waals surface area contributed by atoms with Gasteiger partial charge in [-0.2, -0.15) is 0 Å². The standard InChI is InChI=1S/C12H24N4O2/c1-3-4-5-11(17)13-14-12(18)10-16-8-6-15(2)7-9-16/h3-10H2,1-2H3,(H,13,17)(H,14,18). The number of hydrazine groups is 1. The van der Waals surface area contributed by atoms with E-state index in [0.29, 0.717) is 13.0 Å². The lowest BCUT2D eigenvalue weighted by atomic mass is 10.2. The maximum atomic E-state index is 11.6. The first kappa shape index (κ1) is 14.9. The number of carbonyl (C=O) groups excluding carboxylic acids is 2. The Morgan fingerprint density at radius 1 is 1.06 bits per heavy atom. The molecule has 1 rings (SSSR count). The van der Waals surface area contributed by atoms with Gasteiger partial charge in [0.2, 0.25) is 5.91 Å². The van der Waals surface area contributed by atoms with Gasteiger partial charge in [-0.05, 0) is 13.5 Å². The summed E-state index contributed by atoms with van der Waals surface area (Å²) < 4.78 is 0. The van der Waals surface area contributed by atoms with Crippen LogP contribution < -0.4 is 10.9 Å². The van der Waals surface area contributed by atoms with Crippen LogP contribution in [0.15, 0.2) is 0 Å². The van der Waals surface area contributed by atoms with Crippen LogP contribution in [-0.4, -0.2) is 61.4 Å². The zero-order chi connectivity index (χ0) is 13.4. The average molecular weight is 256 g/mol. The summed E-state index contributed by atoms with van der Waals surface area (Å²) in [5.74, 6) is -0.270. The molecular formula is C12H24N4O2. The summed E-state index contributed by atoms with van der Waals surface area (Å²) in [6, 6.07) is 0. The van der Waals surface area contributed by atoms with Crippen molar-refractivity contribution in [2.45, 2.75) is 26.2 Å². The van der Waals surface area contributed by atoms with Crippen molar-refractivity contribution in [3.63, 3.8) is 0 Å². The Kier molecular flexibility index (Phi) is 6.67. The molecule has 0 aromatic carbocycles. The van der Waals surface area contributed by atoms with Crippen molar-refractivity contribution in [2.24, 2.45) is 0 Å². The molecule has 0 radical (unpaired) electrons. The molecular weight excluding hydrogens is 232 g/mol. The Balaban J connectivity index is 2.11. The largest absolute Gasteiger partial charge is 0.304 e. The summed E-state index contributed by atoms with van der Waals surface area (Å²) in [5, 5.41) is 0. The average Bonchev–Trinajstić information content (AvgIpc) is 2.36. The second-order valence-electron chi connectivity index (χ2n) is 4.78. The van der Waals surface area contributed by atoms with E-state index in [1.807, 2.05) is 6.92 Å². The zero-order valence-corrected chi connectivity index (χ0v) is 11.4. The van der Waals surface area contributed by atoms with Gasteiger partial charge in [-0.25, -0.2) is 0 Å². The molecule has 18 heavy (non-hydrogen) atoms. The van der Waals surface area contributed by atoms with Crippen molar-refractivity contribution in [2.75, 3.05) is 39.8 Å². The van der Waals surface area contributed by atoms with Gasteiger partial charge in [-0.1, -0.05) is 13.3 Å². The number of amides is 2. The lowest BCUT2D eigenvalue weighted by molar-refractivity contribution is -0.129. The van der Waals surface area contributed by atoms with Gasteiger partial charge in [0.15, 0.2) is 0 Å². The van der Waals surface area contributed by atoms with E-state index in [1.54, 1.807) is 0 Å². The van der Waals surface area contributed by atoms with E-state index in [-0.39, 0.29) is 11.8 Å². The van der Waals surface area contributed by atoms with Crippen LogP contribution in [0, 0.1) is 0 Å². The zero-order valence-electron chi connectivity index (χ0n) is 11.4. The van der Waals surface area contributed by atoms with Gasteiger partial charge >= 0.3 is 0 Å². The number of nitrogens with one attached hydrogen (secondary N) is 2. The van der Waals surface area contributed by atoms with Gasteiger partial charge in [0.1, 0.15) is 0 Å². The highest BCUT2D eigenvalue weighted by Crippen LogP contribution is 1.97. The number of likely N-dealkylation sites (N-methyl/N-ethyl adjacent to an activating group) is 1. The van der Waals surface area contributed by atoms with Crippen molar-refractivity contribution >= 4 is 11.8 Å². The minimum absolute atomic E-state index is 0.122. The second-order valence-corrected chi connectivity index (χ2v) is 4.78. The van der Waals surface area contributed by atoms with Crippen LogP contribution >= 0.6 is 0 Å². The molecule has 1 heterocycles. The van der Waals surface area contributed by atoms with E-state index in [9.17, 15) is 9.59 Å². The molecule has 1 fully saturated rings. The number of nitrogens with zero attached hydrogens (tertiary/aromatic N) is 2. The highest BCUT2D eigenvalue weighted by atomic mass is 16.2. The molecule has 0 saturated carbocycles. The monoisotopic (exact) mass is 256 g/mol. The molecule has 0 unspecified atom stereocenters. The SMILES string of the molecule is CCCCC(=O)NNC(=O)CN1CCN(C)CC1. The van der Waals surface area contributed by atoms with Crippen LogP contribution in [0.1, 0.15) is 26.2 Å². The van der Waals surface area contributed by atoms with Gasteiger partial charge < -0.3 is 4.90 Å². The van der Waals surface area contributed by atoms with Crippen LogP contribution in [0.25, 0.3) is 0 Å². The van der Waals surface area contributed by atoms with Gasteiger partial charge in [0.05, 0.1) is 6.54 Å². The molecule has 2 N–H and O–H groups in total. The van der Waals surface area contributed by atoms with E-state index in [2.05, 4.69) is 27.7 Å². The summed E-state index contributed by atoms with van der Waals surface area (Å²) in [4.78, 5) is 27.2. The molecule has 104 valence electrons. The molecule has 6 nitrogen and oxygen atoms in total. The summed E-state index contributed by atoms with van der Waals surface area (Å²) in [6.07, 6.45) is 2.29. The number of piperazine rings is 1. The van der Waals surface area contributed by atoms with E-state index in [1.165, 1.54) is 0 Å². The number of hydrogen-bond acceptors (Lipinski definition) is 4. The summed E-state index contributed by atoms with van der Waals surface area (Å²) >= 11 is 0. The maximum absolute atomic E-state index is 11.6. The normalized spacial score (nSPS) is 17.4. The minimum Gasteiger partial charge on any atom is -0.304 e. The molecule has 2 amide bonds. The van der Waals surface area contributed by atoms with E-state index >= 15 is 0 Å². The first-order valence-electron chi connectivity index (χ1n) is 6.60. The van der Waals surface area contributed by atoms with Gasteiger partial charge in [-0.15, -0.1) is 0 Å². The topological polar surface area (TPSA) is 64.7 Å². The Morgan fingerprint density at radius 2 is 1.67 bits per heavy atom. The molecule has 1 saturated heterocycles. The third-order valence-corrected chi connectivity index (χ3v) is 3.06. The quantitative estimate of drug-likeness (QED) is 0.655. The Labute approximate surface area is 109 Å². The minimum atomic E-state index is -0.149. The van der Waals surface area contributed by atoms with Crippen LogP contribution in [0.5, 0.6) is 0 Å². The van der Waals surface area contributed by atoms with Crippen molar-refractivity contribution in [1.29, 1.82) is 0 Å². The molecule has 6 heteroatoms. The van der Waals surface area contributed by atoms with Crippen molar-refractivity contribution in [3.8, 4) is 0 Å². The first-order chi connectivity index (χ1) is 8.61. The maximum Gasteiger partial charge on any atom is 0.252 e. The van der Waals surface area contributed by atoms with E-state index in [4.69, 9.17) is 0 Å². The van der Waals surface area contributed by atoms with Crippen LogP contribution in [-0.2, 0) is 9.59 Å². The second kappa shape index (κ2) is 8.05. The number of hydrogen-bond donors (Lipinski definition) is 2. The first-order valence-corrected chi connectivity index (χ1v) is 6.60. The molecule has 0 spiro atoms. The van der Waals surface area contributed by atoms with Crippen molar-refractivity contribution < 1.29 is 9.59 Å². The van der Waals surface area contributed by atoms with Crippen LogP contribution in [0.2, 0.25) is 0 Å². The Hall–Kier alpha value is -1.14. The number of carbonyl (C=O) groups is 2. The fraction of sp³-hybridized carbons (Fsp3) is 0.833. The van der Waals surface area contributed by atoms with Gasteiger partial charge in [0.25, 0.3) is 5.91 Å². The molecule has 0 bridgehead atoms. The Morgan fingerprint density at radius 3 is 2.28 bits per heavy atom. The molecule has 0 aromatic rings. The third-order valence-electron chi connectivity index (χ3n) is 3.06. The molecule has 0 aliphatic carbocycles. The number of rotatable bonds is 5. The smallest absolute Gasteiger partial charge is 0.252 e. The predicted octanol–water partition coefficient (Wildman–Crippen LogP) is -0.429. The van der Waals surface area contributed by atoms with Gasteiger partial charge in [0, 0.05) is 32.6 Å². The molecule has 0 aromatic heterocycles. The van der Waals surface area contributed by atoms with Gasteiger partial charge in [-0.3, -0.25) is 25.3 Å². The van der Waals surface area contributed by atoms with Crippen molar-refractivity contribution in [3.05, 3.63) is 0 Å². The molecule has 1 aliphatic rings. The molecule has 1 aliphatic heterocycles. The number of unbranched alkanes of at least 4 members (excludes halogenated alkanes) is 1. The van der Waals surface area contributed by atoms with E-state index < -0.39 is 0 Å². The summed E-state index contributed by atoms with van der Waals surface area (Å²) in [5.41, 5.74) is 4.90. The Bertz CT molecular complexity index is 275. The summed E-state index contributed by atoms with van der Waals surface area (Å²) in [7, 11) is 2.07. The fourth-order valence-electron chi connectivity index (χ4n) is 1.79. The van der Waals surface area contributed by atoms with Crippen LogP contribution in [0.3, 0.4) is 0 Å².